The number of imide groups is 1. The average molecular weight is 214 g/mol. The van der Waals surface area contributed by atoms with Crippen LogP contribution in [-0.4, -0.2) is 21.5 Å². The Labute approximate surface area is 84.7 Å². The Morgan fingerprint density at radius 3 is 2.86 bits per heavy atom. The molecule has 1 rings (SSSR count). The molecule has 1 heterocycles. The summed E-state index contributed by atoms with van der Waals surface area (Å²) < 4.78 is 3.65. The molecule has 0 aliphatic heterocycles. The fraction of sp³-hybridized carbons (Fsp3) is 0.429. The number of carbonyl (C=O) groups is 2. The minimum atomic E-state index is -0.870. The molecule has 7 heteroatoms. The van der Waals surface area contributed by atoms with E-state index < -0.39 is 11.9 Å². The van der Waals surface area contributed by atoms with Gasteiger partial charge in [0.25, 0.3) is 5.91 Å². The van der Waals surface area contributed by atoms with Gasteiger partial charge in [0, 0.05) is 0 Å². The van der Waals surface area contributed by atoms with Crippen molar-refractivity contribution in [3.8, 4) is 0 Å². The first-order chi connectivity index (χ1) is 6.65. The van der Waals surface area contributed by atoms with Gasteiger partial charge in [-0.1, -0.05) is 17.8 Å². The van der Waals surface area contributed by atoms with Crippen molar-refractivity contribution in [1.29, 1.82) is 0 Å². The Morgan fingerprint density at radius 1 is 1.57 bits per heavy atom. The lowest BCUT2D eigenvalue weighted by Gasteiger charge is -1.98. The van der Waals surface area contributed by atoms with E-state index in [9.17, 15) is 9.59 Å². The number of primary amides is 1. The van der Waals surface area contributed by atoms with Crippen LogP contribution in [0.2, 0.25) is 0 Å². The van der Waals surface area contributed by atoms with E-state index in [4.69, 9.17) is 5.73 Å². The molecule has 14 heavy (non-hydrogen) atoms. The summed E-state index contributed by atoms with van der Waals surface area (Å²) in [6.07, 6.45) is 1.53. The molecule has 0 aliphatic rings. The van der Waals surface area contributed by atoms with E-state index in [1.807, 2.05) is 12.2 Å². The fourth-order valence-electron chi connectivity index (χ4n) is 0.950. The van der Waals surface area contributed by atoms with E-state index in [0.717, 1.165) is 18.0 Å². The van der Waals surface area contributed by atoms with Gasteiger partial charge >= 0.3 is 6.03 Å². The number of nitrogens with one attached hydrogen (secondary N) is 1. The number of amides is 3. The Hall–Kier alpha value is -1.50. The van der Waals surface area contributed by atoms with Gasteiger partial charge in [-0.3, -0.25) is 10.1 Å². The maximum absolute atomic E-state index is 11.3. The third kappa shape index (κ3) is 2.49. The maximum Gasteiger partial charge on any atom is 0.319 e. The largest absolute Gasteiger partial charge is 0.351 e. The lowest BCUT2D eigenvalue weighted by atomic mass is 10.2. The van der Waals surface area contributed by atoms with Crippen LogP contribution in [0, 0.1) is 0 Å². The average Bonchev–Trinajstić information content (AvgIpc) is 2.51. The molecule has 0 saturated carbocycles. The topological polar surface area (TPSA) is 98.0 Å². The molecule has 0 aromatic carbocycles. The van der Waals surface area contributed by atoms with Gasteiger partial charge in [0.1, 0.15) is 4.88 Å². The maximum atomic E-state index is 11.3. The van der Waals surface area contributed by atoms with E-state index in [1.165, 1.54) is 0 Å². The number of nitrogens with zero attached hydrogens (tertiary/aromatic N) is 2. The number of carbonyl (C=O) groups excluding carboxylic acids is 2. The zero-order chi connectivity index (χ0) is 10.6. The first-order valence-corrected chi connectivity index (χ1v) is 4.84. The summed E-state index contributed by atoms with van der Waals surface area (Å²) in [6.45, 7) is 1.97. The van der Waals surface area contributed by atoms with E-state index in [1.54, 1.807) is 0 Å². The normalized spacial score (nSPS) is 9.79. The first-order valence-electron chi connectivity index (χ1n) is 4.07. The molecule has 0 fully saturated rings. The van der Waals surface area contributed by atoms with Gasteiger partial charge in [0.05, 0.1) is 5.69 Å². The molecule has 6 nitrogen and oxygen atoms in total. The van der Waals surface area contributed by atoms with Gasteiger partial charge in [-0.25, -0.2) is 4.79 Å². The van der Waals surface area contributed by atoms with Crippen molar-refractivity contribution in [2.24, 2.45) is 5.73 Å². The molecule has 0 unspecified atom stereocenters. The summed E-state index contributed by atoms with van der Waals surface area (Å²) in [7, 11) is 0. The quantitative estimate of drug-likeness (QED) is 0.756. The molecule has 1 aromatic heterocycles. The van der Waals surface area contributed by atoms with Crippen LogP contribution in [-0.2, 0) is 6.42 Å². The number of nitrogens with two attached hydrogens (primary N) is 1. The molecule has 0 saturated heterocycles. The molecule has 1 aromatic rings. The van der Waals surface area contributed by atoms with Gasteiger partial charge < -0.3 is 5.73 Å². The second kappa shape index (κ2) is 4.66. The number of aromatic nitrogens is 2. The molecule has 0 spiro atoms. The van der Waals surface area contributed by atoms with Crippen molar-refractivity contribution in [3.05, 3.63) is 10.6 Å². The lowest BCUT2D eigenvalue weighted by Crippen LogP contribution is -2.34. The van der Waals surface area contributed by atoms with Gasteiger partial charge in [-0.15, -0.1) is 5.10 Å². The van der Waals surface area contributed by atoms with Crippen molar-refractivity contribution < 1.29 is 9.59 Å². The van der Waals surface area contributed by atoms with Crippen molar-refractivity contribution in [2.75, 3.05) is 0 Å². The molecular weight excluding hydrogens is 204 g/mol. The molecule has 0 radical (unpaired) electrons. The minimum Gasteiger partial charge on any atom is -0.351 e. The summed E-state index contributed by atoms with van der Waals surface area (Å²) in [4.78, 5) is 22.1. The van der Waals surface area contributed by atoms with Crippen molar-refractivity contribution in [3.63, 3.8) is 0 Å². The summed E-state index contributed by atoms with van der Waals surface area (Å²) in [5, 5.41) is 5.76. The number of hydrogen-bond acceptors (Lipinski definition) is 5. The molecule has 76 valence electrons. The number of aryl methyl sites for hydroxylation is 1. The SMILES string of the molecule is CCCc1nnsc1C(=O)NC(N)=O. The smallest absolute Gasteiger partial charge is 0.319 e. The van der Waals surface area contributed by atoms with Crippen molar-refractivity contribution in [1.82, 2.24) is 14.9 Å². The number of rotatable bonds is 3. The zero-order valence-corrected chi connectivity index (χ0v) is 8.43. The number of hydrogen-bond donors (Lipinski definition) is 2. The monoisotopic (exact) mass is 214 g/mol. The highest BCUT2D eigenvalue weighted by Gasteiger charge is 2.16. The van der Waals surface area contributed by atoms with E-state index in [0.29, 0.717) is 17.0 Å². The zero-order valence-electron chi connectivity index (χ0n) is 7.61. The highest BCUT2D eigenvalue weighted by molar-refractivity contribution is 7.08. The van der Waals surface area contributed by atoms with Crippen LogP contribution in [0.4, 0.5) is 4.79 Å². The number of urea groups is 1. The standard InChI is InChI=1S/C7H10N4O2S/c1-2-3-4-5(14-11-10-4)6(12)9-7(8)13/h2-3H2,1H3,(H3,8,9,12,13). The molecule has 3 N–H and O–H groups in total. The van der Waals surface area contributed by atoms with Crippen molar-refractivity contribution in [2.45, 2.75) is 19.8 Å². The summed E-state index contributed by atoms with van der Waals surface area (Å²) in [6, 6.07) is -0.870. The van der Waals surface area contributed by atoms with Gasteiger partial charge in [0.15, 0.2) is 0 Å². The van der Waals surface area contributed by atoms with E-state index in [-0.39, 0.29) is 0 Å². The highest BCUT2D eigenvalue weighted by atomic mass is 32.1. The van der Waals surface area contributed by atoms with Gasteiger partial charge in [-0.2, -0.15) is 0 Å². The van der Waals surface area contributed by atoms with E-state index >= 15 is 0 Å². The Kier molecular flexibility index (Phi) is 3.52. The third-order valence-corrected chi connectivity index (χ3v) is 2.25. The second-order valence-electron chi connectivity index (χ2n) is 2.62. The summed E-state index contributed by atoms with van der Waals surface area (Å²) in [5.41, 5.74) is 5.42. The van der Waals surface area contributed by atoms with Crippen LogP contribution in [0.15, 0.2) is 0 Å². The molecular formula is C7H10N4O2S. The minimum absolute atomic E-state index is 0.352. The van der Waals surface area contributed by atoms with Crippen molar-refractivity contribution >= 4 is 23.5 Å². The van der Waals surface area contributed by atoms with Gasteiger partial charge in [0.2, 0.25) is 0 Å². The Morgan fingerprint density at radius 2 is 2.29 bits per heavy atom. The fourth-order valence-corrected chi connectivity index (χ4v) is 1.55. The highest BCUT2D eigenvalue weighted by Crippen LogP contribution is 2.11. The molecule has 0 atom stereocenters. The summed E-state index contributed by atoms with van der Waals surface area (Å²) >= 11 is 0.959. The van der Waals surface area contributed by atoms with Crippen LogP contribution in [0.1, 0.15) is 28.7 Å². The van der Waals surface area contributed by atoms with Crippen LogP contribution < -0.4 is 11.1 Å². The van der Waals surface area contributed by atoms with Crippen LogP contribution >= 0.6 is 11.5 Å². The lowest BCUT2D eigenvalue weighted by molar-refractivity contribution is 0.0969. The predicted octanol–water partition coefficient (Wildman–Crippen LogP) is 0.299. The van der Waals surface area contributed by atoms with Crippen LogP contribution in [0.3, 0.4) is 0 Å². The molecule has 0 aliphatic carbocycles. The van der Waals surface area contributed by atoms with Gasteiger partial charge in [-0.05, 0) is 18.0 Å². The van der Waals surface area contributed by atoms with Crippen LogP contribution in [0.5, 0.6) is 0 Å². The first kappa shape index (κ1) is 10.6. The summed E-state index contributed by atoms with van der Waals surface area (Å²) in [5.74, 6) is -0.532. The molecule has 3 amide bonds. The predicted molar refractivity (Wildman–Crippen MR) is 51.0 cm³/mol. The third-order valence-electron chi connectivity index (χ3n) is 1.49. The van der Waals surface area contributed by atoms with Crippen LogP contribution in [0.25, 0.3) is 0 Å². The van der Waals surface area contributed by atoms with E-state index in [2.05, 4.69) is 9.59 Å². The second-order valence-corrected chi connectivity index (χ2v) is 3.37. The Balaban J connectivity index is 2.78. The molecule has 0 bridgehead atoms. The Bertz CT molecular complexity index is 349.